The minimum absolute atomic E-state index is 0.130. The Morgan fingerprint density at radius 1 is 0.944 bits per heavy atom. The molecule has 94 valence electrons. The largest absolute Gasteiger partial charge is 0.486 e. The lowest BCUT2D eigenvalue weighted by atomic mass is 9.91. The van der Waals surface area contributed by atoms with Gasteiger partial charge in [0.15, 0.2) is 11.5 Å². The van der Waals surface area contributed by atoms with E-state index in [1.807, 2.05) is 18.2 Å². The Bertz CT molecular complexity index is 492. The number of fused-ring (bicyclic) bond motifs is 1. The molecule has 18 heavy (non-hydrogen) atoms. The van der Waals surface area contributed by atoms with Crippen molar-refractivity contribution >= 4 is 11.9 Å². The lowest BCUT2D eigenvalue weighted by Crippen LogP contribution is -2.24. The molecule has 1 saturated heterocycles. The van der Waals surface area contributed by atoms with Gasteiger partial charge in [-0.1, -0.05) is 6.07 Å². The van der Waals surface area contributed by atoms with Crippen LogP contribution in [-0.4, -0.2) is 25.2 Å². The quantitative estimate of drug-likeness (QED) is 0.555. The maximum absolute atomic E-state index is 11.2. The summed E-state index contributed by atoms with van der Waals surface area (Å²) in [5.41, 5.74) is 0.907. The molecule has 1 aromatic carbocycles. The molecule has 2 heterocycles. The van der Waals surface area contributed by atoms with Crippen molar-refractivity contribution in [3.63, 3.8) is 0 Å². The van der Waals surface area contributed by atoms with E-state index in [4.69, 9.17) is 9.47 Å². The van der Waals surface area contributed by atoms with Crippen LogP contribution in [0.15, 0.2) is 18.2 Å². The first-order valence-electron chi connectivity index (χ1n) is 5.85. The minimum Gasteiger partial charge on any atom is -0.486 e. The number of hydrogen-bond acceptors (Lipinski definition) is 5. The SMILES string of the molecule is O=C1CC(c2ccc3c(c2)OCCO3)CC(=O)O1. The van der Waals surface area contributed by atoms with Crippen molar-refractivity contribution in [3.8, 4) is 11.5 Å². The van der Waals surface area contributed by atoms with Crippen molar-refractivity contribution < 1.29 is 23.8 Å². The second-order valence-corrected chi connectivity index (χ2v) is 4.35. The third kappa shape index (κ3) is 2.03. The van der Waals surface area contributed by atoms with Gasteiger partial charge in [0.05, 0.1) is 12.8 Å². The van der Waals surface area contributed by atoms with Gasteiger partial charge in [0, 0.05) is 5.92 Å². The molecule has 3 rings (SSSR count). The third-order valence-electron chi connectivity index (χ3n) is 3.09. The normalized spacial score (nSPS) is 19.6. The predicted octanol–water partition coefficient (Wildman–Crippen LogP) is 1.41. The average Bonchev–Trinajstić information content (AvgIpc) is 2.37. The molecule has 0 radical (unpaired) electrons. The van der Waals surface area contributed by atoms with Crippen LogP contribution in [-0.2, 0) is 14.3 Å². The maximum atomic E-state index is 11.2. The summed E-state index contributed by atoms with van der Waals surface area (Å²) in [6.07, 6.45) is 0.455. The summed E-state index contributed by atoms with van der Waals surface area (Å²) in [5.74, 6) is 0.312. The van der Waals surface area contributed by atoms with Crippen LogP contribution in [0.4, 0.5) is 0 Å². The van der Waals surface area contributed by atoms with Crippen molar-refractivity contribution in [2.75, 3.05) is 13.2 Å². The standard InChI is InChI=1S/C13H12O5/c14-12-6-9(7-13(15)18-12)8-1-2-10-11(5-8)17-4-3-16-10/h1-2,5,9H,3-4,6-7H2. The first-order valence-corrected chi connectivity index (χ1v) is 5.85. The minimum atomic E-state index is -0.467. The molecule has 0 spiro atoms. The van der Waals surface area contributed by atoms with Gasteiger partial charge in [0.25, 0.3) is 0 Å². The number of rotatable bonds is 1. The number of hydrogen-bond donors (Lipinski definition) is 0. The van der Waals surface area contributed by atoms with Gasteiger partial charge in [-0.2, -0.15) is 0 Å². The highest BCUT2D eigenvalue weighted by molar-refractivity contribution is 5.89. The Kier molecular flexibility index (Phi) is 2.66. The summed E-state index contributed by atoms with van der Waals surface area (Å²) in [6, 6.07) is 5.52. The predicted molar refractivity (Wildman–Crippen MR) is 60.5 cm³/mol. The summed E-state index contributed by atoms with van der Waals surface area (Å²) in [4.78, 5) is 22.5. The molecule has 1 fully saturated rings. The molecule has 0 unspecified atom stereocenters. The van der Waals surface area contributed by atoms with E-state index in [1.54, 1.807) is 0 Å². The zero-order valence-electron chi connectivity index (χ0n) is 9.68. The highest BCUT2D eigenvalue weighted by Crippen LogP contribution is 2.36. The summed E-state index contributed by atoms with van der Waals surface area (Å²) in [5, 5.41) is 0. The van der Waals surface area contributed by atoms with Crippen LogP contribution in [0.1, 0.15) is 24.3 Å². The van der Waals surface area contributed by atoms with E-state index in [0.717, 1.165) is 5.56 Å². The van der Waals surface area contributed by atoms with E-state index < -0.39 is 11.9 Å². The Morgan fingerprint density at radius 3 is 2.33 bits per heavy atom. The molecule has 0 aliphatic carbocycles. The van der Waals surface area contributed by atoms with Crippen molar-refractivity contribution in [2.45, 2.75) is 18.8 Å². The second-order valence-electron chi connectivity index (χ2n) is 4.35. The number of benzene rings is 1. The van der Waals surface area contributed by atoms with Crippen molar-refractivity contribution in [1.29, 1.82) is 0 Å². The van der Waals surface area contributed by atoms with Gasteiger partial charge in [-0.15, -0.1) is 0 Å². The molecule has 0 amide bonds. The van der Waals surface area contributed by atoms with Gasteiger partial charge in [0.1, 0.15) is 13.2 Å². The van der Waals surface area contributed by atoms with E-state index in [2.05, 4.69) is 4.74 Å². The monoisotopic (exact) mass is 248 g/mol. The van der Waals surface area contributed by atoms with Crippen LogP contribution in [0.5, 0.6) is 11.5 Å². The molecule has 2 aliphatic heterocycles. The van der Waals surface area contributed by atoms with Crippen LogP contribution in [0.2, 0.25) is 0 Å². The van der Waals surface area contributed by atoms with Crippen molar-refractivity contribution in [3.05, 3.63) is 23.8 Å². The Labute approximate surface area is 104 Å². The van der Waals surface area contributed by atoms with Crippen LogP contribution < -0.4 is 9.47 Å². The van der Waals surface area contributed by atoms with Crippen LogP contribution in [0, 0.1) is 0 Å². The molecular formula is C13H12O5. The van der Waals surface area contributed by atoms with Gasteiger partial charge in [-0.3, -0.25) is 9.59 Å². The Morgan fingerprint density at radius 2 is 1.61 bits per heavy atom. The summed E-state index contributed by atoms with van der Waals surface area (Å²) >= 11 is 0. The molecule has 0 atom stereocenters. The molecule has 1 aromatic rings. The van der Waals surface area contributed by atoms with E-state index in [-0.39, 0.29) is 18.8 Å². The first-order chi connectivity index (χ1) is 8.72. The van der Waals surface area contributed by atoms with Crippen molar-refractivity contribution in [1.82, 2.24) is 0 Å². The second kappa shape index (κ2) is 4.33. The molecule has 0 N–H and O–H groups in total. The Hall–Kier alpha value is -2.04. The lowest BCUT2D eigenvalue weighted by molar-refractivity contribution is -0.163. The van der Waals surface area contributed by atoms with E-state index in [1.165, 1.54) is 0 Å². The van der Waals surface area contributed by atoms with E-state index in [0.29, 0.717) is 24.7 Å². The fraction of sp³-hybridized carbons (Fsp3) is 0.385. The highest BCUT2D eigenvalue weighted by Gasteiger charge is 2.29. The number of esters is 2. The number of carbonyl (C=O) groups excluding carboxylic acids is 2. The van der Waals surface area contributed by atoms with Gasteiger partial charge >= 0.3 is 11.9 Å². The zero-order valence-corrected chi connectivity index (χ0v) is 9.68. The van der Waals surface area contributed by atoms with Gasteiger partial charge < -0.3 is 14.2 Å². The molecule has 2 aliphatic rings. The molecule has 0 bridgehead atoms. The van der Waals surface area contributed by atoms with Gasteiger partial charge in [0.2, 0.25) is 0 Å². The van der Waals surface area contributed by atoms with Gasteiger partial charge in [-0.05, 0) is 17.7 Å². The van der Waals surface area contributed by atoms with Gasteiger partial charge in [-0.25, -0.2) is 0 Å². The van der Waals surface area contributed by atoms with Crippen LogP contribution in [0.25, 0.3) is 0 Å². The maximum Gasteiger partial charge on any atom is 0.314 e. The topological polar surface area (TPSA) is 61.8 Å². The van der Waals surface area contributed by atoms with Crippen LogP contribution >= 0.6 is 0 Å². The lowest BCUT2D eigenvalue weighted by Gasteiger charge is -2.23. The fourth-order valence-corrected chi connectivity index (χ4v) is 2.23. The first kappa shape index (κ1) is 11.1. The number of cyclic esters (lactones) is 2. The molecule has 5 heteroatoms. The molecule has 5 nitrogen and oxygen atoms in total. The number of carbonyl (C=O) groups is 2. The molecular weight excluding hydrogens is 236 g/mol. The number of ether oxygens (including phenoxy) is 3. The van der Waals surface area contributed by atoms with E-state index >= 15 is 0 Å². The molecule has 0 aromatic heterocycles. The fourth-order valence-electron chi connectivity index (χ4n) is 2.23. The summed E-state index contributed by atoms with van der Waals surface area (Å²) in [6.45, 7) is 1.06. The third-order valence-corrected chi connectivity index (χ3v) is 3.09. The van der Waals surface area contributed by atoms with E-state index in [9.17, 15) is 9.59 Å². The summed E-state index contributed by atoms with van der Waals surface area (Å²) < 4.78 is 15.4. The van der Waals surface area contributed by atoms with Crippen LogP contribution in [0.3, 0.4) is 0 Å². The Balaban J connectivity index is 1.87. The summed E-state index contributed by atoms with van der Waals surface area (Å²) in [7, 11) is 0. The van der Waals surface area contributed by atoms with Crippen molar-refractivity contribution in [2.24, 2.45) is 0 Å². The average molecular weight is 248 g/mol. The zero-order chi connectivity index (χ0) is 12.5. The highest BCUT2D eigenvalue weighted by atomic mass is 16.6. The molecule has 0 saturated carbocycles. The smallest absolute Gasteiger partial charge is 0.314 e.